The highest BCUT2D eigenvalue weighted by molar-refractivity contribution is 8.00. The first kappa shape index (κ1) is 41.1. The molecule has 2 aliphatic rings. The van der Waals surface area contributed by atoms with Gasteiger partial charge in [-0.1, -0.05) is 102 Å². The van der Waals surface area contributed by atoms with Crippen molar-refractivity contribution in [3.63, 3.8) is 0 Å². The highest BCUT2D eigenvalue weighted by Crippen LogP contribution is 2.42. The number of fused-ring (bicyclic) bond motifs is 1. The first-order chi connectivity index (χ1) is 28.4. The standard InChI is InChI=1S/C43H40N6O7S3/c1-26-32(59-25-44-26)21-20-27-23-57-39-35(38(52)49(39)36(27)40(53)54)46-37(51)34(48-55-22-33(50)56-42(2,3)4)31-24-58-41(45-31)47-43(28-14-8-5-9-15-28,29-16-10-6-11-17-29)30-18-12-7-13-19-30/h5-21,24-25,35,39H,22-23H2,1-4H3,(H,45,47)(H,46,51)(H,53,54)/t35?,39-/m0/s1. The predicted octanol–water partition coefficient (Wildman–Crippen LogP) is 6.83. The predicted molar refractivity (Wildman–Crippen MR) is 229 cm³/mol. The number of nitrogens with one attached hydrogen (secondary N) is 2. The zero-order valence-corrected chi connectivity index (χ0v) is 34.9. The molecule has 2 aliphatic heterocycles. The Bertz CT molecular complexity index is 2350. The molecule has 0 radical (unpaired) electrons. The lowest BCUT2D eigenvalue weighted by Gasteiger charge is -2.49. The SMILES string of the molecule is Cc1ncsc1C=CC1=C(C(=O)O)N2C(=O)C(NC(=O)C(=NOCC(=O)OC(C)(C)C)c3csc(NC(c4ccccc4)(c4ccccc4)c4ccccc4)n3)[C@@H]2SC1. The van der Waals surface area contributed by atoms with Gasteiger partial charge in [0.1, 0.15) is 33.9 Å². The van der Waals surface area contributed by atoms with Crippen LogP contribution < -0.4 is 10.6 Å². The summed E-state index contributed by atoms with van der Waals surface area (Å²) >= 11 is 3.98. The van der Waals surface area contributed by atoms with Gasteiger partial charge in [-0.2, -0.15) is 0 Å². The fourth-order valence-electron chi connectivity index (χ4n) is 6.73. The van der Waals surface area contributed by atoms with Gasteiger partial charge in [0.25, 0.3) is 11.8 Å². The number of β-lactam (4-membered cyclic amide) rings is 1. The summed E-state index contributed by atoms with van der Waals surface area (Å²) < 4.78 is 5.35. The molecule has 0 bridgehead atoms. The van der Waals surface area contributed by atoms with E-state index in [1.54, 1.807) is 43.8 Å². The lowest BCUT2D eigenvalue weighted by atomic mass is 9.77. The molecule has 3 N–H and O–H groups in total. The van der Waals surface area contributed by atoms with Crippen LogP contribution in [0.5, 0.6) is 0 Å². The Labute approximate surface area is 352 Å². The third-order valence-electron chi connectivity index (χ3n) is 9.34. The number of aromatic nitrogens is 2. The fourth-order valence-corrected chi connectivity index (χ4v) is 9.50. The number of ether oxygens (including phenoxy) is 1. The van der Waals surface area contributed by atoms with Crippen molar-refractivity contribution >= 4 is 75.1 Å². The summed E-state index contributed by atoms with van der Waals surface area (Å²) in [6.07, 6.45) is 3.48. The largest absolute Gasteiger partial charge is 0.477 e. The first-order valence-electron chi connectivity index (χ1n) is 18.5. The van der Waals surface area contributed by atoms with Crippen LogP contribution in [0.25, 0.3) is 6.08 Å². The summed E-state index contributed by atoms with van der Waals surface area (Å²) in [5.41, 5.74) is 3.75. The van der Waals surface area contributed by atoms with Crippen LogP contribution in [0.1, 0.15) is 53.7 Å². The van der Waals surface area contributed by atoms with E-state index in [0.29, 0.717) is 10.7 Å². The van der Waals surface area contributed by atoms with Gasteiger partial charge in [0.2, 0.25) is 6.61 Å². The van der Waals surface area contributed by atoms with Crippen molar-refractivity contribution < 1.29 is 33.9 Å². The normalized spacial score (nSPS) is 17.0. The number of oxime groups is 1. The number of esters is 1. The van der Waals surface area contributed by atoms with Crippen LogP contribution in [0.2, 0.25) is 0 Å². The van der Waals surface area contributed by atoms with Crippen molar-refractivity contribution in [2.45, 2.75) is 50.3 Å². The minimum atomic E-state index is -1.26. The fraction of sp³-hybridized carbons (Fsp3) is 0.233. The molecule has 0 spiro atoms. The number of carbonyl (C=O) groups is 4. The van der Waals surface area contributed by atoms with Gasteiger partial charge in [-0.05, 0) is 56.0 Å². The molecule has 4 heterocycles. The number of hydrogen-bond acceptors (Lipinski definition) is 13. The van der Waals surface area contributed by atoms with Crippen LogP contribution in [-0.2, 0) is 34.3 Å². The van der Waals surface area contributed by atoms with Crippen molar-refractivity contribution in [1.29, 1.82) is 0 Å². The molecule has 1 saturated heterocycles. The van der Waals surface area contributed by atoms with Gasteiger partial charge in [-0.25, -0.2) is 19.6 Å². The Morgan fingerprint density at radius 1 is 0.932 bits per heavy atom. The average Bonchev–Trinajstić information content (AvgIpc) is 3.87. The molecular weight excluding hydrogens is 809 g/mol. The number of thioether (sulfide) groups is 1. The number of rotatable bonds is 14. The number of carboxylic acids is 1. The summed E-state index contributed by atoms with van der Waals surface area (Å²) in [6, 6.07) is 28.7. The lowest BCUT2D eigenvalue weighted by Crippen LogP contribution is -2.71. The molecule has 16 heteroatoms. The van der Waals surface area contributed by atoms with E-state index >= 15 is 0 Å². The van der Waals surface area contributed by atoms with Crippen LogP contribution in [0.15, 0.2) is 124 Å². The van der Waals surface area contributed by atoms with Gasteiger partial charge >= 0.3 is 11.9 Å². The van der Waals surface area contributed by atoms with Crippen molar-refractivity contribution in [3.05, 3.63) is 152 Å². The zero-order valence-electron chi connectivity index (χ0n) is 32.4. The van der Waals surface area contributed by atoms with Gasteiger partial charge < -0.3 is 25.3 Å². The Balaban J connectivity index is 1.19. The number of carboxylic acid groups (broad SMARTS) is 1. The minimum absolute atomic E-state index is 0.110. The van der Waals surface area contributed by atoms with E-state index in [1.165, 1.54) is 39.3 Å². The molecule has 13 nitrogen and oxygen atoms in total. The van der Waals surface area contributed by atoms with Gasteiger partial charge in [0, 0.05) is 16.0 Å². The van der Waals surface area contributed by atoms with Crippen molar-refractivity contribution in [3.8, 4) is 0 Å². The van der Waals surface area contributed by atoms with E-state index in [2.05, 4.69) is 20.8 Å². The van der Waals surface area contributed by atoms with E-state index in [1.807, 2.05) is 97.9 Å². The molecule has 0 aliphatic carbocycles. The number of nitrogens with zero attached hydrogens (tertiary/aromatic N) is 4. The quantitative estimate of drug-likeness (QED) is 0.0352. The van der Waals surface area contributed by atoms with E-state index in [0.717, 1.165) is 27.3 Å². The Hall–Kier alpha value is -6.10. The van der Waals surface area contributed by atoms with Crippen LogP contribution in [0.3, 0.4) is 0 Å². The number of hydrogen-bond donors (Lipinski definition) is 3. The van der Waals surface area contributed by atoms with E-state index in [4.69, 9.17) is 14.6 Å². The van der Waals surface area contributed by atoms with Crippen LogP contribution >= 0.6 is 34.4 Å². The summed E-state index contributed by atoms with van der Waals surface area (Å²) in [6.45, 7) is 6.40. The molecule has 3 aromatic carbocycles. The Morgan fingerprint density at radius 3 is 2.08 bits per heavy atom. The van der Waals surface area contributed by atoms with Gasteiger partial charge in [-0.15, -0.1) is 34.4 Å². The average molecular weight is 849 g/mol. The maximum Gasteiger partial charge on any atom is 0.352 e. The number of thiazole rings is 2. The van der Waals surface area contributed by atoms with Crippen molar-refractivity contribution in [2.75, 3.05) is 17.7 Å². The van der Waals surface area contributed by atoms with Crippen molar-refractivity contribution in [1.82, 2.24) is 20.2 Å². The van der Waals surface area contributed by atoms with Gasteiger partial charge in [-0.3, -0.25) is 14.5 Å². The van der Waals surface area contributed by atoms with Crippen LogP contribution in [-0.4, -0.2) is 78.8 Å². The minimum Gasteiger partial charge on any atom is -0.477 e. The number of amides is 2. The molecule has 1 fully saturated rings. The second-order valence-electron chi connectivity index (χ2n) is 14.5. The number of allylic oxidation sites excluding steroid dienone is 1. The molecule has 59 heavy (non-hydrogen) atoms. The molecule has 2 atom stereocenters. The van der Waals surface area contributed by atoms with Crippen LogP contribution in [0, 0.1) is 6.92 Å². The number of aryl methyl sites for hydroxylation is 1. The molecule has 1 unspecified atom stereocenters. The molecule has 7 rings (SSSR count). The summed E-state index contributed by atoms with van der Waals surface area (Å²) in [5, 5.41) is 22.1. The number of carbonyl (C=O) groups excluding carboxylic acids is 3. The number of anilines is 1. The van der Waals surface area contributed by atoms with E-state index in [9.17, 15) is 24.3 Å². The summed E-state index contributed by atoms with van der Waals surface area (Å²) in [7, 11) is 0. The first-order valence-corrected chi connectivity index (χ1v) is 21.3. The smallest absolute Gasteiger partial charge is 0.352 e. The molecule has 2 amide bonds. The third-order valence-corrected chi connectivity index (χ3v) is 12.3. The van der Waals surface area contributed by atoms with E-state index < -0.39 is 52.9 Å². The monoisotopic (exact) mass is 848 g/mol. The van der Waals surface area contributed by atoms with E-state index in [-0.39, 0.29) is 22.9 Å². The Kier molecular flexibility index (Phi) is 12.1. The van der Waals surface area contributed by atoms with Gasteiger partial charge in [0.15, 0.2) is 10.8 Å². The maximum atomic E-state index is 14.2. The van der Waals surface area contributed by atoms with Crippen LogP contribution in [0.4, 0.5) is 5.13 Å². The second-order valence-corrected chi connectivity index (χ2v) is 17.3. The molecule has 0 saturated carbocycles. The molecule has 5 aromatic rings. The highest BCUT2D eigenvalue weighted by Gasteiger charge is 2.54. The molecule has 2 aromatic heterocycles. The summed E-state index contributed by atoms with van der Waals surface area (Å²) in [5.74, 6) is -3.08. The Morgan fingerprint density at radius 2 is 1.54 bits per heavy atom. The van der Waals surface area contributed by atoms with Crippen molar-refractivity contribution in [2.24, 2.45) is 5.16 Å². The third kappa shape index (κ3) is 8.84. The summed E-state index contributed by atoms with van der Waals surface area (Å²) in [4.78, 5) is 69.4. The highest BCUT2D eigenvalue weighted by atomic mass is 32.2. The second kappa shape index (κ2) is 17.4. The maximum absolute atomic E-state index is 14.2. The lowest BCUT2D eigenvalue weighted by molar-refractivity contribution is -0.160. The van der Waals surface area contributed by atoms with Gasteiger partial charge in [0.05, 0.1) is 11.2 Å². The zero-order chi connectivity index (χ0) is 41.7. The number of aliphatic carboxylic acids is 1. The molecule has 302 valence electrons. The molecular formula is C43H40N6O7S3. The number of benzene rings is 3. The topological polar surface area (TPSA) is 172 Å².